The molecule has 1 atom stereocenters. The van der Waals surface area contributed by atoms with Gasteiger partial charge in [0.2, 0.25) is 0 Å². The van der Waals surface area contributed by atoms with E-state index in [1.807, 2.05) is 31.2 Å². The van der Waals surface area contributed by atoms with Crippen molar-refractivity contribution in [3.05, 3.63) is 35.4 Å². The van der Waals surface area contributed by atoms with Crippen molar-refractivity contribution in [3.63, 3.8) is 0 Å². The molecule has 0 bridgehead atoms. The second-order valence-electron chi connectivity index (χ2n) is 4.76. The molecule has 1 aromatic carbocycles. The summed E-state index contributed by atoms with van der Waals surface area (Å²) in [5.74, 6) is 0. The molecule has 1 aromatic rings. The number of hydrogen-bond donors (Lipinski definition) is 2. The summed E-state index contributed by atoms with van der Waals surface area (Å²) in [7, 11) is -3.53. The molecule has 6 heteroatoms. The molecule has 2 rings (SSSR count). The molecule has 5 nitrogen and oxygen atoms in total. The highest BCUT2D eigenvalue weighted by atomic mass is 32.2. The van der Waals surface area contributed by atoms with Gasteiger partial charge in [-0.25, -0.2) is 0 Å². The molecule has 0 fully saturated rings. The Morgan fingerprint density at radius 1 is 1.37 bits per heavy atom. The zero-order chi connectivity index (χ0) is 13.9. The molecule has 1 heterocycles. The molecule has 0 saturated heterocycles. The van der Waals surface area contributed by atoms with Gasteiger partial charge in [-0.1, -0.05) is 31.2 Å². The van der Waals surface area contributed by atoms with Crippen molar-refractivity contribution in [2.45, 2.75) is 32.4 Å². The van der Waals surface area contributed by atoms with Crippen LogP contribution in [0.1, 0.15) is 24.5 Å². The van der Waals surface area contributed by atoms with Crippen molar-refractivity contribution in [2.24, 2.45) is 0 Å². The fourth-order valence-corrected chi connectivity index (χ4v) is 3.66. The van der Waals surface area contributed by atoms with Gasteiger partial charge in [0, 0.05) is 19.1 Å². The molecule has 1 aliphatic heterocycles. The average molecular weight is 284 g/mol. The molecule has 0 radical (unpaired) electrons. The highest BCUT2D eigenvalue weighted by molar-refractivity contribution is 7.87. The quantitative estimate of drug-likeness (QED) is 0.834. The predicted octanol–water partition coefficient (Wildman–Crippen LogP) is 0.650. The minimum Gasteiger partial charge on any atom is -0.395 e. The maximum absolute atomic E-state index is 12.2. The molecule has 1 aliphatic rings. The van der Waals surface area contributed by atoms with Gasteiger partial charge in [0.15, 0.2) is 0 Å². The van der Waals surface area contributed by atoms with Crippen molar-refractivity contribution in [2.75, 3.05) is 13.2 Å². The molecule has 0 amide bonds. The zero-order valence-corrected chi connectivity index (χ0v) is 11.9. The zero-order valence-electron chi connectivity index (χ0n) is 11.0. The second kappa shape index (κ2) is 6.00. The van der Waals surface area contributed by atoms with E-state index < -0.39 is 16.3 Å². The van der Waals surface area contributed by atoms with E-state index in [0.717, 1.165) is 12.0 Å². The van der Waals surface area contributed by atoms with Crippen molar-refractivity contribution in [3.8, 4) is 0 Å². The van der Waals surface area contributed by atoms with E-state index >= 15 is 0 Å². The first-order chi connectivity index (χ1) is 9.06. The lowest BCUT2D eigenvalue weighted by molar-refractivity contribution is 0.250. The molecule has 0 aromatic heterocycles. The van der Waals surface area contributed by atoms with Crippen LogP contribution in [0.25, 0.3) is 0 Å². The molecule has 0 aliphatic carbocycles. The van der Waals surface area contributed by atoms with Gasteiger partial charge in [-0.3, -0.25) is 0 Å². The number of aliphatic hydroxyl groups is 1. The number of rotatable bonds is 5. The molecule has 19 heavy (non-hydrogen) atoms. The SMILES string of the molecule is CCC(CO)NS(=O)(=O)N1CCc2ccccc2C1. The Bertz CT molecular complexity index is 526. The number of benzene rings is 1. The number of hydrogen-bond acceptors (Lipinski definition) is 3. The van der Waals surface area contributed by atoms with E-state index in [1.54, 1.807) is 0 Å². The first kappa shape index (κ1) is 14.5. The Balaban J connectivity index is 2.11. The Kier molecular flexibility index (Phi) is 4.57. The van der Waals surface area contributed by atoms with Crippen LogP contribution in [0.4, 0.5) is 0 Å². The number of aliphatic hydroxyl groups excluding tert-OH is 1. The molecular weight excluding hydrogens is 264 g/mol. The van der Waals surface area contributed by atoms with E-state index in [0.29, 0.717) is 19.5 Å². The predicted molar refractivity (Wildman–Crippen MR) is 73.8 cm³/mol. The minimum absolute atomic E-state index is 0.180. The topological polar surface area (TPSA) is 69.6 Å². The summed E-state index contributed by atoms with van der Waals surface area (Å²) in [5.41, 5.74) is 2.26. The van der Waals surface area contributed by atoms with Gasteiger partial charge in [0.1, 0.15) is 0 Å². The highest BCUT2D eigenvalue weighted by Crippen LogP contribution is 2.20. The van der Waals surface area contributed by atoms with Crippen LogP contribution < -0.4 is 4.72 Å². The summed E-state index contributed by atoms with van der Waals surface area (Å²) < 4.78 is 28.4. The largest absolute Gasteiger partial charge is 0.395 e. The van der Waals surface area contributed by atoms with Crippen LogP contribution in [-0.4, -0.2) is 37.0 Å². The van der Waals surface area contributed by atoms with Crippen LogP contribution in [-0.2, 0) is 23.2 Å². The third-order valence-electron chi connectivity index (χ3n) is 3.46. The standard InChI is InChI=1S/C13H20N2O3S/c1-2-13(10-16)14-19(17,18)15-8-7-11-5-3-4-6-12(11)9-15/h3-6,13-14,16H,2,7-10H2,1H3. The smallest absolute Gasteiger partial charge is 0.280 e. The fourth-order valence-electron chi connectivity index (χ4n) is 2.21. The summed E-state index contributed by atoms with van der Waals surface area (Å²) in [6.07, 6.45) is 1.30. The molecule has 0 spiro atoms. The van der Waals surface area contributed by atoms with Gasteiger partial charge in [-0.05, 0) is 24.0 Å². The minimum atomic E-state index is -3.53. The Morgan fingerprint density at radius 3 is 2.68 bits per heavy atom. The van der Waals surface area contributed by atoms with Crippen LogP contribution >= 0.6 is 0 Å². The van der Waals surface area contributed by atoms with Gasteiger partial charge >= 0.3 is 0 Å². The molecule has 106 valence electrons. The third kappa shape index (κ3) is 3.33. The maximum Gasteiger partial charge on any atom is 0.280 e. The highest BCUT2D eigenvalue weighted by Gasteiger charge is 2.27. The lowest BCUT2D eigenvalue weighted by Gasteiger charge is -2.29. The van der Waals surface area contributed by atoms with Crippen molar-refractivity contribution < 1.29 is 13.5 Å². The van der Waals surface area contributed by atoms with Crippen molar-refractivity contribution >= 4 is 10.2 Å². The summed E-state index contributed by atoms with van der Waals surface area (Å²) in [6, 6.07) is 7.47. The lowest BCUT2D eigenvalue weighted by atomic mass is 10.0. The monoisotopic (exact) mass is 284 g/mol. The molecule has 1 unspecified atom stereocenters. The first-order valence-electron chi connectivity index (χ1n) is 6.52. The molecule has 0 saturated carbocycles. The van der Waals surface area contributed by atoms with Crippen LogP contribution in [0, 0.1) is 0 Å². The van der Waals surface area contributed by atoms with Gasteiger partial charge in [0.05, 0.1) is 6.61 Å². The molecular formula is C13H20N2O3S. The van der Waals surface area contributed by atoms with Gasteiger partial charge in [-0.2, -0.15) is 17.4 Å². The maximum atomic E-state index is 12.2. The third-order valence-corrected chi connectivity index (χ3v) is 5.09. The van der Waals surface area contributed by atoms with Gasteiger partial charge in [-0.15, -0.1) is 0 Å². The van der Waals surface area contributed by atoms with Gasteiger partial charge in [0.25, 0.3) is 10.2 Å². The van der Waals surface area contributed by atoms with E-state index in [1.165, 1.54) is 9.87 Å². The number of nitrogens with one attached hydrogen (secondary N) is 1. The fraction of sp³-hybridized carbons (Fsp3) is 0.538. The summed E-state index contributed by atoms with van der Waals surface area (Å²) in [6.45, 7) is 2.54. The van der Waals surface area contributed by atoms with E-state index in [-0.39, 0.29) is 6.61 Å². The van der Waals surface area contributed by atoms with Crippen LogP contribution in [0.2, 0.25) is 0 Å². The Morgan fingerprint density at radius 2 is 2.05 bits per heavy atom. The van der Waals surface area contributed by atoms with Crippen molar-refractivity contribution in [1.82, 2.24) is 9.03 Å². The van der Waals surface area contributed by atoms with Crippen LogP contribution in [0.15, 0.2) is 24.3 Å². The Labute approximate surface area is 114 Å². The average Bonchev–Trinajstić information content (AvgIpc) is 2.44. The van der Waals surface area contributed by atoms with E-state index in [9.17, 15) is 8.42 Å². The summed E-state index contributed by atoms with van der Waals surface area (Å²) >= 11 is 0. The van der Waals surface area contributed by atoms with Crippen LogP contribution in [0.5, 0.6) is 0 Å². The number of fused-ring (bicyclic) bond motifs is 1. The Hall–Kier alpha value is -0.950. The normalized spacial score (nSPS) is 18.0. The van der Waals surface area contributed by atoms with Gasteiger partial charge < -0.3 is 5.11 Å². The van der Waals surface area contributed by atoms with Crippen molar-refractivity contribution in [1.29, 1.82) is 0 Å². The second-order valence-corrected chi connectivity index (χ2v) is 6.47. The summed E-state index contributed by atoms with van der Waals surface area (Å²) in [5, 5.41) is 9.10. The first-order valence-corrected chi connectivity index (χ1v) is 7.96. The van der Waals surface area contributed by atoms with E-state index in [4.69, 9.17) is 5.11 Å². The number of nitrogens with zero attached hydrogens (tertiary/aromatic N) is 1. The summed E-state index contributed by atoms with van der Waals surface area (Å²) in [4.78, 5) is 0. The molecule has 2 N–H and O–H groups in total. The van der Waals surface area contributed by atoms with E-state index in [2.05, 4.69) is 4.72 Å². The lowest BCUT2D eigenvalue weighted by Crippen LogP contribution is -2.48. The van der Waals surface area contributed by atoms with Crippen LogP contribution in [0.3, 0.4) is 0 Å².